The Bertz CT molecular complexity index is 1320. The van der Waals surface area contributed by atoms with E-state index in [0.29, 0.717) is 0 Å². The minimum atomic E-state index is -1.32. The molecule has 0 amide bonds. The fraction of sp³-hybridized carbons (Fsp3) is 0.0909. The average molecular weight is 627 g/mol. The van der Waals surface area contributed by atoms with Gasteiger partial charge in [-0.05, 0) is 12.5 Å². The van der Waals surface area contributed by atoms with Crippen LogP contribution in [0.1, 0.15) is 38.9 Å². The summed E-state index contributed by atoms with van der Waals surface area (Å²) in [4.78, 5) is 0. The van der Waals surface area contributed by atoms with Gasteiger partial charge in [-0.25, -0.2) is 0 Å². The van der Waals surface area contributed by atoms with Crippen LogP contribution < -0.4 is 6.14 Å². The molecule has 34 heavy (non-hydrogen) atoms. The zero-order valence-electron chi connectivity index (χ0n) is 20.4. The van der Waals surface area contributed by atoms with Gasteiger partial charge in [0.2, 0.25) is 0 Å². The Balaban J connectivity index is 1.42. The number of benzene rings is 4. The molecule has 0 fully saturated rings. The van der Waals surface area contributed by atoms with Gasteiger partial charge in [0.05, 0.1) is 0 Å². The quantitative estimate of drug-likeness (QED) is 0.113. The molecule has 1 heteroatoms. The predicted molar refractivity (Wildman–Crippen MR) is 146 cm³/mol. The van der Waals surface area contributed by atoms with E-state index in [4.69, 9.17) is 0 Å². The van der Waals surface area contributed by atoms with Crippen molar-refractivity contribution in [3.63, 3.8) is 0 Å². The van der Waals surface area contributed by atoms with Crippen molar-refractivity contribution >= 4 is 29.9 Å². The Morgan fingerprint density at radius 1 is 0.618 bits per heavy atom. The van der Waals surface area contributed by atoms with Crippen LogP contribution in [0, 0.1) is 20.8 Å². The van der Waals surface area contributed by atoms with Crippen LogP contribution in [0.3, 0.4) is 0 Å². The van der Waals surface area contributed by atoms with Gasteiger partial charge in [-0.2, -0.15) is 0 Å². The third kappa shape index (κ3) is 6.78. The van der Waals surface area contributed by atoms with Crippen LogP contribution in [-0.2, 0) is 24.6 Å². The summed E-state index contributed by atoms with van der Waals surface area (Å²) in [5, 5.41) is 0. The maximum atomic E-state index is 4.31. The number of hydrogen-bond acceptors (Lipinski definition) is 0. The van der Waals surface area contributed by atoms with Crippen LogP contribution in [-0.4, -0.2) is 0 Å². The van der Waals surface area contributed by atoms with Crippen molar-refractivity contribution in [3.05, 3.63) is 143 Å². The van der Waals surface area contributed by atoms with E-state index in [1.807, 2.05) is 0 Å². The molecule has 0 atom stereocenters. The van der Waals surface area contributed by atoms with Crippen LogP contribution in [0.2, 0.25) is 0 Å². The molecule has 0 nitrogen and oxygen atoms in total. The zero-order chi connectivity index (χ0) is 23.9. The number of rotatable bonds is 7. The monoisotopic (exact) mass is 628 g/mol. The molecule has 4 aromatic rings. The van der Waals surface area contributed by atoms with Crippen molar-refractivity contribution in [3.8, 4) is 0 Å². The summed E-state index contributed by atoms with van der Waals surface area (Å²) in [6.45, 7) is 10.8. The van der Waals surface area contributed by atoms with E-state index in [-0.39, 0.29) is 0 Å². The molecule has 0 N–H and O–H groups in total. The van der Waals surface area contributed by atoms with Crippen LogP contribution >= 0.6 is 0 Å². The fourth-order valence-electron chi connectivity index (χ4n) is 3.89. The van der Waals surface area contributed by atoms with Crippen molar-refractivity contribution in [1.82, 2.24) is 0 Å². The molecule has 0 radical (unpaired) electrons. The summed E-state index contributed by atoms with van der Waals surface area (Å²) in [6, 6.07) is 33.3. The van der Waals surface area contributed by atoms with Gasteiger partial charge >= 0.3 is 176 Å². The Kier molecular flexibility index (Phi) is 8.14. The molecule has 0 aliphatic carbocycles. The molecular weight excluding hydrogens is 597 g/mol. The van der Waals surface area contributed by atoms with Crippen molar-refractivity contribution in [2.24, 2.45) is 0 Å². The SMILES string of the molecule is C=C(/C=C\c1c[c]([Hg][c]2ccc(C)cc2)ccc1C)c1ccc(/C=C/c2ccc(C)cc2)cc1. The molecule has 0 aliphatic rings. The van der Waals surface area contributed by atoms with E-state index >= 15 is 0 Å². The van der Waals surface area contributed by atoms with Crippen LogP contribution in [0.15, 0.2) is 104 Å². The zero-order valence-corrected chi connectivity index (χ0v) is 25.9. The first-order valence-electron chi connectivity index (χ1n) is 11.8. The van der Waals surface area contributed by atoms with Crippen molar-refractivity contribution < 1.29 is 24.6 Å². The molecule has 0 aliphatic heterocycles. The van der Waals surface area contributed by atoms with E-state index in [1.54, 1.807) is 6.14 Å². The second-order valence-electron chi connectivity index (χ2n) is 9.08. The summed E-state index contributed by atoms with van der Waals surface area (Å²) in [6.07, 6.45) is 8.67. The molecule has 0 saturated carbocycles. The molecule has 4 aromatic carbocycles. The third-order valence-electron chi connectivity index (χ3n) is 6.16. The van der Waals surface area contributed by atoms with Crippen molar-refractivity contribution in [2.45, 2.75) is 20.8 Å². The summed E-state index contributed by atoms with van der Waals surface area (Å²) < 4.78 is 3.11. The number of hydrogen-bond donors (Lipinski definition) is 0. The Labute approximate surface area is 216 Å². The summed E-state index contributed by atoms with van der Waals surface area (Å²) in [5.74, 6) is 0. The minimum absolute atomic E-state index is 1.03. The van der Waals surface area contributed by atoms with Crippen LogP contribution in [0.4, 0.5) is 0 Å². The summed E-state index contributed by atoms with van der Waals surface area (Å²) >= 11 is -1.32. The van der Waals surface area contributed by atoms with E-state index in [1.165, 1.54) is 33.4 Å². The normalized spacial score (nSPS) is 11.1. The summed E-state index contributed by atoms with van der Waals surface area (Å²) in [7, 11) is 0. The Hall–Kier alpha value is -2.96. The van der Waals surface area contributed by atoms with E-state index in [0.717, 1.165) is 11.1 Å². The third-order valence-corrected chi connectivity index (χ3v) is 12.9. The molecule has 4 rings (SSSR count). The summed E-state index contributed by atoms with van der Waals surface area (Å²) in [5.41, 5.74) is 9.80. The van der Waals surface area contributed by atoms with Gasteiger partial charge in [-0.15, -0.1) is 0 Å². The molecule has 0 unspecified atom stereocenters. The van der Waals surface area contributed by atoms with Gasteiger partial charge in [-0.1, -0.05) is 29.8 Å². The molecule has 0 saturated heterocycles. The Morgan fingerprint density at radius 3 is 1.76 bits per heavy atom. The van der Waals surface area contributed by atoms with Gasteiger partial charge in [-0.3, -0.25) is 0 Å². The first kappa shape index (κ1) is 24.2. The average Bonchev–Trinajstić information content (AvgIpc) is 2.85. The van der Waals surface area contributed by atoms with Crippen LogP contribution in [0.5, 0.6) is 0 Å². The van der Waals surface area contributed by atoms with E-state index in [9.17, 15) is 0 Å². The number of aryl methyl sites for hydroxylation is 3. The first-order chi connectivity index (χ1) is 16.5. The van der Waals surface area contributed by atoms with Crippen molar-refractivity contribution in [2.75, 3.05) is 0 Å². The van der Waals surface area contributed by atoms with Crippen molar-refractivity contribution in [1.29, 1.82) is 0 Å². The topological polar surface area (TPSA) is 0 Å². The second-order valence-corrected chi connectivity index (χ2v) is 16.8. The van der Waals surface area contributed by atoms with Crippen LogP contribution in [0.25, 0.3) is 23.8 Å². The van der Waals surface area contributed by atoms with Gasteiger partial charge < -0.3 is 0 Å². The Morgan fingerprint density at radius 2 is 1.15 bits per heavy atom. The maximum absolute atomic E-state index is 4.31. The molecule has 0 spiro atoms. The standard InChI is InChI=1S/C26H23.C7H7.Hg/c1-20-8-11-23(12-9-20)13-14-24-15-18-26(19-16-24)22(3)10-17-25-7-5-4-6-21(25)2;1-7-5-3-2-4-6-7;/h4,6-19H,3H2,1-2H3;3-6H,1H3;/b14-13+,17-10-;;. The van der Waals surface area contributed by atoms with Gasteiger partial charge in [0.15, 0.2) is 0 Å². The second kappa shape index (κ2) is 11.4. The van der Waals surface area contributed by atoms with Gasteiger partial charge in [0.25, 0.3) is 0 Å². The van der Waals surface area contributed by atoms with E-state index < -0.39 is 24.6 Å². The first-order valence-corrected chi connectivity index (χ1v) is 17.3. The molecule has 164 valence electrons. The van der Waals surface area contributed by atoms with Gasteiger partial charge in [0.1, 0.15) is 0 Å². The van der Waals surface area contributed by atoms with Gasteiger partial charge in [0, 0.05) is 0 Å². The molecule has 0 heterocycles. The fourth-order valence-corrected chi connectivity index (χ4v) is 9.72. The molecular formula is C33H30Hg. The molecule has 0 aromatic heterocycles. The molecule has 0 bridgehead atoms. The van der Waals surface area contributed by atoms with E-state index in [2.05, 4.69) is 143 Å². The number of allylic oxidation sites excluding steroid dienone is 2. The predicted octanol–water partition coefficient (Wildman–Crippen LogP) is 7.54.